The maximum atomic E-state index is 12.9. The van der Waals surface area contributed by atoms with Crippen LogP contribution in [0.1, 0.15) is 10.5 Å². The van der Waals surface area contributed by atoms with Gasteiger partial charge in [-0.1, -0.05) is 30.3 Å². The molecule has 0 bridgehead atoms. The minimum atomic E-state index is -0.544. The minimum absolute atomic E-state index is 0.334. The molecule has 6 nitrogen and oxygen atoms in total. The van der Waals surface area contributed by atoms with Crippen LogP contribution in [0.15, 0.2) is 72.8 Å². The van der Waals surface area contributed by atoms with Crippen molar-refractivity contribution in [1.82, 2.24) is 4.98 Å². The fourth-order valence-corrected chi connectivity index (χ4v) is 3.17. The standard InChI is InChI=1S/C22H17FN4O2/c23-14-7-11-16(12-8-14)26-22(29)25-15-9-5-13(6-10-15)19-17-3-1-2-4-18(17)27-20(19)21(24)28/h1-12,27H,(H2,24,28)(H2,25,26,29). The van der Waals surface area contributed by atoms with E-state index in [1.165, 1.54) is 24.3 Å². The van der Waals surface area contributed by atoms with Gasteiger partial charge in [0.15, 0.2) is 0 Å². The SMILES string of the molecule is NC(=O)c1[nH]c2ccccc2c1-c1ccc(NC(=O)Nc2ccc(F)cc2)cc1. The first kappa shape index (κ1) is 18.2. The van der Waals surface area contributed by atoms with Crippen LogP contribution in [0.3, 0.4) is 0 Å². The van der Waals surface area contributed by atoms with Crippen LogP contribution >= 0.6 is 0 Å². The van der Waals surface area contributed by atoms with Crippen LogP contribution in [0, 0.1) is 5.82 Å². The zero-order valence-corrected chi connectivity index (χ0v) is 15.2. The molecule has 0 aliphatic heterocycles. The quantitative estimate of drug-likeness (QED) is 0.407. The summed E-state index contributed by atoms with van der Waals surface area (Å²) in [5, 5.41) is 6.22. The minimum Gasteiger partial charge on any atom is -0.364 e. The third-order valence-corrected chi connectivity index (χ3v) is 4.49. The second-order valence-corrected chi connectivity index (χ2v) is 6.45. The number of benzene rings is 3. The van der Waals surface area contributed by atoms with E-state index in [1.54, 1.807) is 24.3 Å². The van der Waals surface area contributed by atoms with Crippen molar-refractivity contribution < 1.29 is 14.0 Å². The number of primary amides is 1. The predicted molar refractivity (Wildman–Crippen MR) is 111 cm³/mol. The highest BCUT2D eigenvalue weighted by molar-refractivity contribution is 6.09. The highest BCUT2D eigenvalue weighted by atomic mass is 19.1. The summed E-state index contributed by atoms with van der Waals surface area (Å²) < 4.78 is 12.9. The normalized spacial score (nSPS) is 10.7. The average Bonchev–Trinajstić information content (AvgIpc) is 3.10. The van der Waals surface area contributed by atoms with E-state index in [-0.39, 0.29) is 5.82 Å². The van der Waals surface area contributed by atoms with Crippen LogP contribution < -0.4 is 16.4 Å². The van der Waals surface area contributed by atoms with Gasteiger partial charge in [0.25, 0.3) is 5.91 Å². The topological polar surface area (TPSA) is 100 Å². The first-order chi connectivity index (χ1) is 14.0. The Kier molecular flexibility index (Phi) is 4.70. The van der Waals surface area contributed by atoms with Gasteiger partial charge in [-0.05, 0) is 48.0 Å². The number of nitrogens with two attached hydrogens (primary N) is 1. The van der Waals surface area contributed by atoms with Gasteiger partial charge in [-0.15, -0.1) is 0 Å². The Morgan fingerprint density at radius 1 is 0.828 bits per heavy atom. The average molecular weight is 388 g/mol. The van der Waals surface area contributed by atoms with Gasteiger partial charge in [-0.25, -0.2) is 9.18 Å². The highest BCUT2D eigenvalue weighted by Crippen LogP contribution is 2.33. The van der Waals surface area contributed by atoms with Gasteiger partial charge in [0.2, 0.25) is 0 Å². The number of hydrogen-bond acceptors (Lipinski definition) is 2. The van der Waals surface area contributed by atoms with Crippen LogP contribution in [-0.2, 0) is 0 Å². The van der Waals surface area contributed by atoms with Crippen molar-refractivity contribution in [1.29, 1.82) is 0 Å². The van der Waals surface area contributed by atoms with E-state index in [9.17, 15) is 14.0 Å². The summed E-state index contributed by atoms with van der Waals surface area (Å²) in [7, 11) is 0. The number of carbonyl (C=O) groups is 2. The van der Waals surface area contributed by atoms with Gasteiger partial charge in [-0.2, -0.15) is 0 Å². The molecular weight excluding hydrogens is 371 g/mol. The maximum absolute atomic E-state index is 12.9. The largest absolute Gasteiger partial charge is 0.364 e. The molecule has 5 N–H and O–H groups in total. The number of fused-ring (bicyclic) bond motifs is 1. The van der Waals surface area contributed by atoms with Gasteiger partial charge in [-0.3, -0.25) is 4.79 Å². The number of carbonyl (C=O) groups excluding carboxylic acids is 2. The number of H-pyrrole nitrogens is 1. The highest BCUT2D eigenvalue weighted by Gasteiger charge is 2.17. The first-order valence-corrected chi connectivity index (χ1v) is 8.86. The van der Waals surface area contributed by atoms with Crippen molar-refractivity contribution in [2.24, 2.45) is 5.73 Å². The molecular formula is C22H17FN4O2. The van der Waals surface area contributed by atoms with Crippen molar-refractivity contribution in [3.63, 3.8) is 0 Å². The zero-order valence-electron chi connectivity index (χ0n) is 15.2. The second kappa shape index (κ2) is 7.47. The zero-order chi connectivity index (χ0) is 20.4. The smallest absolute Gasteiger partial charge is 0.323 e. The molecule has 0 unspecified atom stereocenters. The summed E-state index contributed by atoms with van der Waals surface area (Å²) >= 11 is 0. The van der Waals surface area contributed by atoms with Gasteiger partial charge in [0.1, 0.15) is 11.5 Å². The molecule has 144 valence electrons. The lowest BCUT2D eigenvalue weighted by Gasteiger charge is -2.09. The van der Waals surface area contributed by atoms with Crippen LogP contribution in [0.25, 0.3) is 22.0 Å². The maximum Gasteiger partial charge on any atom is 0.323 e. The Balaban J connectivity index is 1.56. The lowest BCUT2D eigenvalue weighted by molar-refractivity contribution is 0.0997. The number of para-hydroxylation sites is 1. The molecule has 7 heteroatoms. The van der Waals surface area contributed by atoms with E-state index in [4.69, 9.17) is 5.73 Å². The predicted octanol–water partition coefficient (Wildman–Crippen LogP) is 4.72. The molecule has 4 rings (SSSR count). The third kappa shape index (κ3) is 3.79. The number of hydrogen-bond donors (Lipinski definition) is 4. The Bertz CT molecular complexity index is 1200. The summed E-state index contributed by atoms with van der Waals surface area (Å²) in [6, 6.07) is 19.6. The first-order valence-electron chi connectivity index (χ1n) is 8.86. The van der Waals surface area contributed by atoms with Crippen molar-refractivity contribution in [2.45, 2.75) is 0 Å². The fourth-order valence-electron chi connectivity index (χ4n) is 3.17. The van der Waals surface area contributed by atoms with E-state index in [0.29, 0.717) is 17.1 Å². The molecule has 0 saturated heterocycles. The van der Waals surface area contributed by atoms with Crippen LogP contribution in [-0.4, -0.2) is 16.9 Å². The number of rotatable bonds is 4. The Labute approximate surface area is 165 Å². The van der Waals surface area contributed by atoms with Crippen LogP contribution in [0.2, 0.25) is 0 Å². The molecule has 29 heavy (non-hydrogen) atoms. The van der Waals surface area contributed by atoms with E-state index in [1.807, 2.05) is 24.3 Å². The molecule has 0 atom stereocenters. The van der Waals surface area contributed by atoms with E-state index < -0.39 is 11.9 Å². The molecule has 0 saturated carbocycles. The van der Waals surface area contributed by atoms with Crippen molar-refractivity contribution in [2.75, 3.05) is 10.6 Å². The fraction of sp³-hybridized carbons (Fsp3) is 0. The third-order valence-electron chi connectivity index (χ3n) is 4.49. The number of nitrogens with one attached hydrogen (secondary N) is 3. The van der Waals surface area contributed by atoms with Gasteiger partial charge in [0.05, 0.1) is 0 Å². The van der Waals surface area contributed by atoms with Crippen molar-refractivity contribution >= 4 is 34.2 Å². The number of anilines is 2. The monoisotopic (exact) mass is 388 g/mol. The number of urea groups is 1. The van der Waals surface area contributed by atoms with Crippen LogP contribution in [0.5, 0.6) is 0 Å². The van der Waals surface area contributed by atoms with E-state index in [2.05, 4.69) is 15.6 Å². The van der Waals surface area contributed by atoms with Crippen LogP contribution in [0.4, 0.5) is 20.6 Å². The molecule has 1 heterocycles. The Morgan fingerprint density at radius 2 is 1.41 bits per heavy atom. The van der Waals surface area contributed by atoms with E-state index in [0.717, 1.165) is 22.0 Å². The molecule has 3 amide bonds. The van der Waals surface area contributed by atoms with Crippen molar-refractivity contribution in [3.8, 4) is 11.1 Å². The summed E-state index contributed by atoms with van der Waals surface area (Å²) in [6.45, 7) is 0. The second-order valence-electron chi connectivity index (χ2n) is 6.45. The number of halogens is 1. The summed E-state index contributed by atoms with van der Waals surface area (Å²) in [5.41, 5.74) is 9.24. The Morgan fingerprint density at radius 3 is 2.03 bits per heavy atom. The molecule has 0 radical (unpaired) electrons. The molecule has 0 fully saturated rings. The van der Waals surface area contributed by atoms with Crippen molar-refractivity contribution in [3.05, 3.63) is 84.3 Å². The summed E-state index contributed by atoms with van der Waals surface area (Å²) in [5.74, 6) is -0.920. The molecule has 0 aliphatic carbocycles. The summed E-state index contributed by atoms with van der Waals surface area (Å²) in [4.78, 5) is 27.0. The van der Waals surface area contributed by atoms with Gasteiger partial charge in [0, 0.05) is 27.8 Å². The molecule has 4 aromatic rings. The van der Waals surface area contributed by atoms with E-state index >= 15 is 0 Å². The molecule has 3 aromatic carbocycles. The van der Waals surface area contributed by atoms with Gasteiger partial charge < -0.3 is 21.4 Å². The number of aromatic nitrogens is 1. The molecule has 1 aromatic heterocycles. The molecule has 0 spiro atoms. The lowest BCUT2D eigenvalue weighted by atomic mass is 10.0. The number of aromatic amines is 1. The number of amides is 3. The lowest BCUT2D eigenvalue weighted by Crippen LogP contribution is -2.19. The van der Waals surface area contributed by atoms with Gasteiger partial charge >= 0.3 is 6.03 Å². The molecule has 0 aliphatic rings. The summed E-state index contributed by atoms with van der Waals surface area (Å²) in [6.07, 6.45) is 0. The Hall–Kier alpha value is -4.13.